The number of hydrogen-bond acceptors (Lipinski definition) is 6. The van der Waals surface area contributed by atoms with Gasteiger partial charge in [-0.15, -0.1) is 5.10 Å². The Bertz CT molecular complexity index is 1000. The lowest BCUT2D eigenvalue weighted by atomic mass is 9.92. The number of nitrogens with zero attached hydrogens (tertiary/aromatic N) is 6. The Morgan fingerprint density at radius 1 is 1.21 bits per heavy atom. The van der Waals surface area contributed by atoms with Crippen LogP contribution in [0.4, 0.5) is 11.4 Å². The van der Waals surface area contributed by atoms with Gasteiger partial charge in [-0.1, -0.05) is 32.9 Å². The average Bonchev–Trinajstić information content (AvgIpc) is 3.55. The van der Waals surface area contributed by atoms with Gasteiger partial charge in [0.1, 0.15) is 6.04 Å². The van der Waals surface area contributed by atoms with Gasteiger partial charge in [-0.25, -0.2) is 4.68 Å². The number of hydrogen-bond donors (Lipinski definition) is 1. The Balaban J connectivity index is 1.54. The van der Waals surface area contributed by atoms with E-state index in [4.69, 9.17) is 0 Å². The van der Waals surface area contributed by atoms with Gasteiger partial charge in [0, 0.05) is 39.0 Å². The van der Waals surface area contributed by atoms with Gasteiger partial charge >= 0.3 is 0 Å². The lowest BCUT2D eigenvalue weighted by molar-refractivity contribution is -0.130. The van der Waals surface area contributed by atoms with Crippen molar-refractivity contribution in [3.63, 3.8) is 0 Å². The van der Waals surface area contributed by atoms with Crippen molar-refractivity contribution in [2.75, 3.05) is 29.9 Å². The van der Waals surface area contributed by atoms with Crippen LogP contribution in [0.15, 0.2) is 24.3 Å². The van der Waals surface area contributed by atoms with Gasteiger partial charge in [0.25, 0.3) is 5.91 Å². The molecule has 2 aliphatic rings. The second kappa shape index (κ2) is 10.5. The van der Waals surface area contributed by atoms with Gasteiger partial charge in [-0.2, -0.15) is 0 Å². The maximum atomic E-state index is 13.7. The normalized spacial score (nSPS) is 19.2. The molecule has 2 amide bonds. The first kappa shape index (κ1) is 24.2. The van der Waals surface area contributed by atoms with Crippen molar-refractivity contribution in [2.24, 2.45) is 17.8 Å². The molecule has 0 bridgehead atoms. The smallest absolute Gasteiger partial charge is 0.251 e. The molecule has 1 saturated carbocycles. The van der Waals surface area contributed by atoms with E-state index < -0.39 is 6.04 Å². The first-order chi connectivity index (χ1) is 16.4. The standard InChI is InChI=1S/C25H37N7O2/c1-5-12-32-23(27-28-29-32)14-19(13-17(2)3)24(33)26-20-16-30(4)21-8-6-7-9-22(21)31(25(20)34)15-18-10-11-18/h6-9,17-20H,5,10-16H2,1-4H3,(H,26,33)/t19-,20+/m1/s1. The summed E-state index contributed by atoms with van der Waals surface area (Å²) in [5.74, 6) is 1.15. The van der Waals surface area contributed by atoms with Crippen molar-refractivity contribution in [3.8, 4) is 0 Å². The van der Waals surface area contributed by atoms with Gasteiger partial charge in [0.2, 0.25) is 5.91 Å². The summed E-state index contributed by atoms with van der Waals surface area (Å²) in [6, 6.07) is 7.41. The highest BCUT2D eigenvalue weighted by atomic mass is 16.2. The molecule has 1 aromatic carbocycles. The van der Waals surface area contributed by atoms with Crippen LogP contribution in [0.25, 0.3) is 0 Å². The summed E-state index contributed by atoms with van der Waals surface area (Å²) in [6.07, 6.45) is 4.39. The van der Waals surface area contributed by atoms with Crippen molar-refractivity contribution in [1.29, 1.82) is 0 Å². The Labute approximate surface area is 201 Å². The molecule has 0 radical (unpaired) electrons. The molecule has 9 nitrogen and oxygen atoms in total. The van der Waals surface area contributed by atoms with Gasteiger partial charge < -0.3 is 15.1 Å². The van der Waals surface area contributed by atoms with Crippen LogP contribution in [-0.2, 0) is 22.6 Å². The number of tetrazole rings is 1. The van der Waals surface area contributed by atoms with Crippen LogP contribution in [0.5, 0.6) is 0 Å². The predicted molar refractivity (Wildman–Crippen MR) is 131 cm³/mol. The highest BCUT2D eigenvalue weighted by Crippen LogP contribution is 2.37. The number of para-hydroxylation sites is 2. The molecule has 1 aromatic heterocycles. The van der Waals surface area contributed by atoms with Crippen LogP contribution in [0.1, 0.15) is 52.3 Å². The van der Waals surface area contributed by atoms with Crippen LogP contribution < -0.4 is 15.1 Å². The number of rotatable bonds is 10. The first-order valence-corrected chi connectivity index (χ1v) is 12.5. The minimum absolute atomic E-state index is 0.0313. The third-order valence-corrected chi connectivity index (χ3v) is 6.66. The van der Waals surface area contributed by atoms with E-state index in [1.807, 2.05) is 36.2 Å². The molecular weight excluding hydrogens is 430 g/mol. The van der Waals surface area contributed by atoms with Gasteiger partial charge in [0.05, 0.1) is 11.4 Å². The number of fused-ring (bicyclic) bond motifs is 1. The largest absolute Gasteiger partial charge is 0.370 e. The fraction of sp³-hybridized carbons (Fsp3) is 0.640. The molecule has 1 fully saturated rings. The lowest BCUT2D eigenvalue weighted by Gasteiger charge is -2.27. The second-order valence-electron chi connectivity index (χ2n) is 10.2. The zero-order chi connectivity index (χ0) is 24.2. The molecule has 1 aliphatic heterocycles. The number of amides is 2. The molecule has 184 valence electrons. The monoisotopic (exact) mass is 467 g/mol. The number of likely N-dealkylation sites (N-methyl/N-ethyl adjacent to an activating group) is 1. The van der Waals surface area contributed by atoms with Crippen LogP contribution in [0.3, 0.4) is 0 Å². The van der Waals surface area contributed by atoms with E-state index in [-0.39, 0.29) is 17.7 Å². The molecule has 2 atom stereocenters. The first-order valence-electron chi connectivity index (χ1n) is 12.5. The van der Waals surface area contributed by atoms with E-state index in [0.717, 1.165) is 43.0 Å². The number of aryl methyl sites for hydroxylation is 1. The minimum Gasteiger partial charge on any atom is -0.370 e. The van der Waals surface area contributed by atoms with Gasteiger partial charge in [0.15, 0.2) is 5.82 Å². The number of carbonyl (C=O) groups excluding carboxylic acids is 2. The topological polar surface area (TPSA) is 96.2 Å². The summed E-state index contributed by atoms with van der Waals surface area (Å²) in [6.45, 7) is 8.14. The molecule has 9 heteroatoms. The van der Waals surface area contributed by atoms with Crippen molar-refractivity contribution in [3.05, 3.63) is 30.1 Å². The second-order valence-corrected chi connectivity index (χ2v) is 10.2. The van der Waals surface area contributed by atoms with E-state index in [9.17, 15) is 9.59 Å². The van der Waals surface area contributed by atoms with Crippen molar-refractivity contribution in [2.45, 2.75) is 65.5 Å². The van der Waals surface area contributed by atoms with E-state index in [0.29, 0.717) is 37.8 Å². The Morgan fingerprint density at radius 3 is 2.62 bits per heavy atom. The van der Waals surface area contributed by atoms with Crippen molar-refractivity contribution >= 4 is 23.2 Å². The highest BCUT2D eigenvalue weighted by molar-refractivity contribution is 6.03. The Morgan fingerprint density at radius 2 is 1.94 bits per heavy atom. The molecule has 0 unspecified atom stereocenters. The fourth-order valence-electron chi connectivity index (χ4n) is 4.74. The average molecular weight is 468 g/mol. The number of benzene rings is 1. The summed E-state index contributed by atoms with van der Waals surface area (Å²) in [7, 11) is 1.98. The maximum Gasteiger partial charge on any atom is 0.251 e. The SMILES string of the molecule is CCCn1nnnc1C[C@@H](CC(C)C)C(=O)N[C@H]1CN(C)c2ccccc2N(CC2CC2)C1=O. The molecule has 4 rings (SSSR count). The van der Waals surface area contributed by atoms with Crippen LogP contribution >= 0.6 is 0 Å². The van der Waals surface area contributed by atoms with Crippen LogP contribution in [0.2, 0.25) is 0 Å². The number of aromatic nitrogens is 4. The van der Waals surface area contributed by atoms with Crippen LogP contribution in [-0.4, -0.2) is 58.2 Å². The summed E-state index contributed by atoms with van der Waals surface area (Å²) in [5.41, 5.74) is 1.95. The van der Waals surface area contributed by atoms with Crippen LogP contribution in [0, 0.1) is 17.8 Å². The molecule has 2 heterocycles. The number of anilines is 2. The zero-order valence-electron chi connectivity index (χ0n) is 20.8. The third-order valence-electron chi connectivity index (χ3n) is 6.66. The summed E-state index contributed by atoms with van der Waals surface area (Å²) in [4.78, 5) is 31.2. The molecular formula is C25H37N7O2. The summed E-state index contributed by atoms with van der Waals surface area (Å²) < 4.78 is 1.78. The van der Waals surface area contributed by atoms with Crippen molar-refractivity contribution in [1.82, 2.24) is 25.5 Å². The fourth-order valence-corrected chi connectivity index (χ4v) is 4.74. The Kier molecular flexibility index (Phi) is 7.48. The molecule has 34 heavy (non-hydrogen) atoms. The minimum atomic E-state index is -0.607. The molecule has 0 saturated heterocycles. The summed E-state index contributed by atoms with van der Waals surface area (Å²) in [5, 5.41) is 15.2. The number of nitrogens with one attached hydrogen (secondary N) is 1. The van der Waals surface area contributed by atoms with E-state index in [1.54, 1.807) is 4.68 Å². The van der Waals surface area contributed by atoms with Gasteiger partial charge in [-0.3, -0.25) is 9.59 Å². The van der Waals surface area contributed by atoms with E-state index in [2.05, 4.69) is 46.5 Å². The quantitative estimate of drug-likeness (QED) is 0.577. The highest BCUT2D eigenvalue weighted by Gasteiger charge is 2.37. The predicted octanol–water partition coefficient (Wildman–Crippen LogP) is 2.67. The zero-order valence-corrected chi connectivity index (χ0v) is 20.8. The lowest BCUT2D eigenvalue weighted by Crippen LogP contribution is -2.53. The molecule has 1 aliphatic carbocycles. The van der Waals surface area contributed by atoms with Crippen molar-refractivity contribution < 1.29 is 9.59 Å². The van der Waals surface area contributed by atoms with E-state index in [1.165, 1.54) is 0 Å². The summed E-state index contributed by atoms with van der Waals surface area (Å²) >= 11 is 0. The molecule has 2 aromatic rings. The number of carbonyl (C=O) groups is 2. The molecule has 0 spiro atoms. The molecule has 1 N–H and O–H groups in total. The Hall–Kier alpha value is -2.97. The third kappa shape index (κ3) is 5.56. The maximum absolute atomic E-state index is 13.7. The van der Waals surface area contributed by atoms with E-state index >= 15 is 0 Å². The van der Waals surface area contributed by atoms with Gasteiger partial charge in [-0.05, 0) is 60.1 Å².